The number of rotatable bonds is 4. The molecule has 1 fully saturated rings. The van der Waals surface area contributed by atoms with Gasteiger partial charge in [0.15, 0.2) is 0 Å². The van der Waals surface area contributed by atoms with Crippen LogP contribution in [-0.4, -0.2) is 15.6 Å². The first-order valence-electron chi connectivity index (χ1n) is 7.84. The monoisotopic (exact) mass is 271 g/mol. The van der Waals surface area contributed by atoms with E-state index in [1.165, 1.54) is 31.2 Å². The zero-order chi connectivity index (χ0) is 14.2. The van der Waals surface area contributed by atoms with Gasteiger partial charge in [0.25, 0.3) is 0 Å². The number of hydrogen-bond acceptors (Lipinski definition) is 2. The summed E-state index contributed by atoms with van der Waals surface area (Å²) in [6.45, 7) is 5.49. The maximum Gasteiger partial charge on any atom is 0.111 e. The van der Waals surface area contributed by atoms with E-state index in [0.29, 0.717) is 5.41 Å². The van der Waals surface area contributed by atoms with E-state index in [2.05, 4.69) is 42.7 Å². The second-order valence-electron chi connectivity index (χ2n) is 6.43. The van der Waals surface area contributed by atoms with Crippen LogP contribution in [0.15, 0.2) is 24.3 Å². The predicted octanol–water partition coefficient (Wildman–Crippen LogP) is 3.51. The molecule has 0 bridgehead atoms. The standard InChI is InChI=1S/C17H25N3/c1-3-20-14-9-5-4-8-13(14)19-16(20)12-15(18)17(2)10-6-7-11-17/h4-5,8-9,15H,3,6-7,10-12,18H2,1-2H3. The zero-order valence-electron chi connectivity index (χ0n) is 12.6. The molecule has 108 valence electrons. The summed E-state index contributed by atoms with van der Waals surface area (Å²) in [4.78, 5) is 4.81. The maximum atomic E-state index is 6.54. The molecule has 20 heavy (non-hydrogen) atoms. The number of benzene rings is 1. The Morgan fingerprint density at radius 2 is 2.00 bits per heavy atom. The minimum absolute atomic E-state index is 0.215. The van der Waals surface area contributed by atoms with Crippen molar-refractivity contribution in [2.24, 2.45) is 11.1 Å². The van der Waals surface area contributed by atoms with Crippen LogP contribution in [0.3, 0.4) is 0 Å². The van der Waals surface area contributed by atoms with Crippen molar-refractivity contribution in [2.75, 3.05) is 0 Å². The Bertz CT molecular complexity index is 593. The number of hydrogen-bond donors (Lipinski definition) is 1. The summed E-state index contributed by atoms with van der Waals surface area (Å²) in [5.41, 5.74) is 9.16. The lowest BCUT2D eigenvalue weighted by molar-refractivity contribution is 0.256. The number of para-hydroxylation sites is 2. The van der Waals surface area contributed by atoms with E-state index in [0.717, 1.165) is 24.3 Å². The van der Waals surface area contributed by atoms with Gasteiger partial charge in [0.05, 0.1) is 11.0 Å². The average Bonchev–Trinajstić information content (AvgIpc) is 3.03. The Balaban J connectivity index is 1.90. The van der Waals surface area contributed by atoms with Gasteiger partial charge in [0.1, 0.15) is 5.82 Å². The highest BCUT2D eigenvalue weighted by Gasteiger charge is 2.35. The fourth-order valence-electron chi connectivity index (χ4n) is 3.63. The highest BCUT2D eigenvalue weighted by Crippen LogP contribution is 2.40. The lowest BCUT2D eigenvalue weighted by Gasteiger charge is -2.31. The van der Waals surface area contributed by atoms with Crippen molar-refractivity contribution in [3.63, 3.8) is 0 Å². The second kappa shape index (κ2) is 5.21. The normalized spacial score (nSPS) is 19.6. The lowest BCUT2D eigenvalue weighted by Crippen LogP contribution is -2.40. The van der Waals surface area contributed by atoms with Crippen molar-refractivity contribution in [2.45, 2.75) is 58.5 Å². The van der Waals surface area contributed by atoms with Crippen molar-refractivity contribution < 1.29 is 0 Å². The van der Waals surface area contributed by atoms with Gasteiger partial charge in [0, 0.05) is 19.0 Å². The first-order chi connectivity index (χ1) is 9.64. The SMILES string of the molecule is CCn1c(CC(N)C2(C)CCCC2)nc2ccccc21. The third kappa shape index (κ3) is 2.24. The molecule has 0 spiro atoms. The van der Waals surface area contributed by atoms with Gasteiger partial charge in [0.2, 0.25) is 0 Å². The quantitative estimate of drug-likeness (QED) is 0.925. The summed E-state index contributed by atoms with van der Waals surface area (Å²) in [5, 5.41) is 0. The lowest BCUT2D eigenvalue weighted by atomic mass is 9.79. The molecule has 3 nitrogen and oxygen atoms in total. The first kappa shape index (κ1) is 13.6. The van der Waals surface area contributed by atoms with E-state index < -0.39 is 0 Å². The third-order valence-corrected chi connectivity index (χ3v) is 5.09. The van der Waals surface area contributed by atoms with Gasteiger partial charge >= 0.3 is 0 Å². The molecule has 1 heterocycles. The Kier molecular flexibility index (Phi) is 3.55. The predicted molar refractivity (Wildman–Crippen MR) is 83.7 cm³/mol. The second-order valence-corrected chi connectivity index (χ2v) is 6.43. The van der Waals surface area contributed by atoms with Crippen LogP contribution in [0.4, 0.5) is 0 Å². The molecule has 3 heteroatoms. The summed E-state index contributed by atoms with van der Waals surface area (Å²) in [5.74, 6) is 1.15. The van der Waals surface area contributed by atoms with E-state index in [9.17, 15) is 0 Å². The molecule has 1 saturated carbocycles. The molecule has 2 N–H and O–H groups in total. The summed E-state index contributed by atoms with van der Waals surface area (Å²) in [6.07, 6.45) is 6.07. The van der Waals surface area contributed by atoms with Crippen LogP contribution in [0.5, 0.6) is 0 Å². The zero-order valence-corrected chi connectivity index (χ0v) is 12.6. The summed E-state index contributed by atoms with van der Waals surface area (Å²) >= 11 is 0. The van der Waals surface area contributed by atoms with Crippen LogP contribution in [0.2, 0.25) is 0 Å². The Morgan fingerprint density at radius 3 is 2.70 bits per heavy atom. The average molecular weight is 271 g/mol. The van der Waals surface area contributed by atoms with Crippen molar-refractivity contribution in [3.8, 4) is 0 Å². The fourth-order valence-corrected chi connectivity index (χ4v) is 3.63. The van der Waals surface area contributed by atoms with Gasteiger partial charge < -0.3 is 10.3 Å². The topological polar surface area (TPSA) is 43.8 Å². The Morgan fingerprint density at radius 1 is 1.30 bits per heavy atom. The number of aryl methyl sites for hydroxylation is 1. The van der Waals surface area contributed by atoms with Crippen LogP contribution in [0.25, 0.3) is 11.0 Å². The molecule has 3 rings (SSSR count). The van der Waals surface area contributed by atoms with E-state index in [-0.39, 0.29) is 6.04 Å². The Labute approximate surface area is 121 Å². The van der Waals surface area contributed by atoms with Gasteiger partial charge in [-0.05, 0) is 37.3 Å². The van der Waals surface area contributed by atoms with Crippen LogP contribution in [0, 0.1) is 5.41 Å². The number of nitrogens with two attached hydrogens (primary N) is 1. The van der Waals surface area contributed by atoms with Crippen LogP contribution in [-0.2, 0) is 13.0 Å². The largest absolute Gasteiger partial charge is 0.328 e. The van der Waals surface area contributed by atoms with E-state index >= 15 is 0 Å². The van der Waals surface area contributed by atoms with Crippen molar-refractivity contribution >= 4 is 11.0 Å². The molecule has 1 unspecified atom stereocenters. The molecular weight excluding hydrogens is 246 g/mol. The van der Waals surface area contributed by atoms with Crippen LogP contribution >= 0.6 is 0 Å². The van der Waals surface area contributed by atoms with Crippen molar-refractivity contribution in [1.82, 2.24) is 9.55 Å². The molecule has 1 atom stereocenters. The molecule has 0 saturated heterocycles. The summed E-state index contributed by atoms with van der Waals surface area (Å²) in [6, 6.07) is 8.59. The molecule has 0 radical (unpaired) electrons. The van der Waals surface area contributed by atoms with E-state index in [1.807, 2.05) is 0 Å². The third-order valence-electron chi connectivity index (χ3n) is 5.09. The Hall–Kier alpha value is -1.35. The molecule has 1 aliphatic carbocycles. The summed E-state index contributed by atoms with van der Waals surface area (Å²) < 4.78 is 2.31. The number of aromatic nitrogens is 2. The molecule has 1 aromatic heterocycles. The number of imidazole rings is 1. The van der Waals surface area contributed by atoms with E-state index in [4.69, 9.17) is 10.7 Å². The van der Waals surface area contributed by atoms with Crippen molar-refractivity contribution in [1.29, 1.82) is 0 Å². The summed E-state index contributed by atoms with van der Waals surface area (Å²) in [7, 11) is 0. The molecule has 1 aromatic carbocycles. The molecule has 0 aliphatic heterocycles. The molecule has 2 aromatic rings. The minimum atomic E-state index is 0.215. The number of nitrogens with zero attached hydrogens (tertiary/aromatic N) is 2. The van der Waals surface area contributed by atoms with Gasteiger partial charge in [-0.2, -0.15) is 0 Å². The first-order valence-corrected chi connectivity index (χ1v) is 7.84. The highest BCUT2D eigenvalue weighted by molar-refractivity contribution is 5.75. The van der Waals surface area contributed by atoms with Gasteiger partial charge in [-0.1, -0.05) is 31.9 Å². The molecular formula is C17H25N3. The van der Waals surface area contributed by atoms with Crippen molar-refractivity contribution in [3.05, 3.63) is 30.1 Å². The fraction of sp³-hybridized carbons (Fsp3) is 0.588. The smallest absolute Gasteiger partial charge is 0.111 e. The van der Waals surface area contributed by atoms with Gasteiger partial charge in [-0.25, -0.2) is 4.98 Å². The highest BCUT2D eigenvalue weighted by atomic mass is 15.1. The minimum Gasteiger partial charge on any atom is -0.328 e. The molecule has 0 amide bonds. The van der Waals surface area contributed by atoms with Crippen LogP contribution in [0.1, 0.15) is 45.4 Å². The molecule has 1 aliphatic rings. The maximum absolute atomic E-state index is 6.54. The van der Waals surface area contributed by atoms with E-state index in [1.54, 1.807) is 0 Å². The van der Waals surface area contributed by atoms with Gasteiger partial charge in [-0.3, -0.25) is 0 Å². The van der Waals surface area contributed by atoms with Crippen LogP contribution < -0.4 is 5.73 Å². The number of fused-ring (bicyclic) bond motifs is 1. The van der Waals surface area contributed by atoms with Gasteiger partial charge in [-0.15, -0.1) is 0 Å².